The van der Waals surface area contributed by atoms with Crippen molar-refractivity contribution in [2.75, 3.05) is 19.9 Å². The highest BCUT2D eigenvalue weighted by Crippen LogP contribution is 2.64. The van der Waals surface area contributed by atoms with E-state index in [1.165, 1.54) is 10.6 Å². The van der Waals surface area contributed by atoms with Crippen molar-refractivity contribution in [2.45, 2.75) is 24.9 Å². The predicted octanol–water partition coefficient (Wildman–Crippen LogP) is 4.72. The third-order valence-corrected chi connectivity index (χ3v) is 10.2. The van der Waals surface area contributed by atoms with Crippen LogP contribution in [0.3, 0.4) is 0 Å². The first kappa shape index (κ1) is 20.5. The second-order valence-corrected chi connectivity index (χ2v) is 10.8. The van der Waals surface area contributed by atoms with Crippen molar-refractivity contribution >= 4 is 23.8 Å². The monoisotopic (exact) mass is 391 g/mol. The van der Waals surface area contributed by atoms with Gasteiger partial charge in [0.15, 0.2) is 0 Å². The molecule has 0 saturated heterocycles. The fraction of sp³-hybridized carbons (Fsp3) is 0.280. The first-order chi connectivity index (χ1) is 13.8. The standard InChI is InChI=1S/C25H28O2P/c1-27-19-11-4-12-20-28(23-14-5-2-6-15-23,24-16-7-3-8-17-24)25-18-10-9-13-22(25)21-26/h2-3,5-10,13-18,25H,4,11-12,19-20H2,1H3/q+1. The van der Waals surface area contributed by atoms with Crippen LogP contribution < -0.4 is 10.6 Å². The molecule has 1 unspecified atom stereocenters. The molecule has 28 heavy (non-hydrogen) atoms. The Morgan fingerprint density at radius 3 is 2.11 bits per heavy atom. The van der Waals surface area contributed by atoms with Crippen molar-refractivity contribution in [2.24, 2.45) is 0 Å². The summed E-state index contributed by atoms with van der Waals surface area (Å²) in [5.74, 6) is 2.25. The summed E-state index contributed by atoms with van der Waals surface area (Å²) < 4.78 is 5.23. The number of rotatable bonds is 9. The van der Waals surface area contributed by atoms with Gasteiger partial charge in [-0.15, -0.1) is 0 Å². The van der Waals surface area contributed by atoms with E-state index in [-0.39, 0.29) is 5.66 Å². The van der Waals surface area contributed by atoms with Gasteiger partial charge in [0.1, 0.15) is 22.2 Å². The van der Waals surface area contributed by atoms with Crippen LogP contribution in [0.1, 0.15) is 19.3 Å². The summed E-state index contributed by atoms with van der Waals surface area (Å²) in [5.41, 5.74) is 0.836. The molecule has 0 amide bonds. The lowest BCUT2D eigenvalue weighted by Gasteiger charge is -2.34. The minimum absolute atomic E-state index is 0.0715. The minimum Gasteiger partial charge on any atom is -0.385 e. The molecule has 0 aromatic heterocycles. The lowest BCUT2D eigenvalue weighted by atomic mass is 10.1. The highest BCUT2D eigenvalue weighted by molar-refractivity contribution is 7.90. The number of hydrogen-bond acceptors (Lipinski definition) is 2. The number of ether oxygens (including phenoxy) is 1. The smallest absolute Gasteiger partial charge is 0.133 e. The Labute approximate surface area is 169 Å². The largest absolute Gasteiger partial charge is 0.385 e. The van der Waals surface area contributed by atoms with Crippen LogP contribution >= 0.6 is 7.26 Å². The Kier molecular flexibility index (Phi) is 7.57. The van der Waals surface area contributed by atoms with Crippen LogP contribution in [0.4, 0.5) is 0 Å². The second kappa shape index (κ2) is 10.3. The summed E-state index contributed by atoms with van der Waals surface area (Å²) >= 11 is 0. The Bertz CT molecular complexity index is 809. The van der Waals surface area contributed by atoms with E-state index in [0.29, 0.717) is 0 Å². The average Bonchev–Trinajstić information content (AvgIpc) is 2.78. The topological polar surface area (TPSA) is 26.3 Å². The molecule has 0 fully saturated rings. The van der Waals surface area contributed by atoms with Crippen LogP contribution in [0.5, 0.6) is 0 Å². The van der Waals surface area contributed by atoms with E-state index in [9.17, 15) is 4.79 Å². The predicted molar refractivity (Wildman–Crippen MR) is 121 cm³/mol. The van der Waals surface area contributed by atoms with Gasteiger partial charge in [-0.3, -0.25) is 0 Å². The fourth-order valence-corrected chi connectivity index (χ4v) is 8.92. The molecule has 2 aromatic rings. The van der Waals surface area contributed by atoms with Gasteiger partial charge in [-0.25, -0.2) is 4.79 Å². The van der Waals surface area contributed by atoms with Crippen LogP contribution in [-0.4, -0.2) is 31.5 Å². The Hall–Kier alpha value is -2.24. The molecular weight excluding hydrogens is 363 g/mol. The summed E-state index contributed by atoms with van der Waals surface area (Å²) in [6, 6.07) is 21.6. The van der Waals surface area contributed by atoms with E-state index in [1.54, 1.807) is 7.11 Å². The summed E-state index contributed by atoms with van der Waals surface area (Å²) in [5, 5.41) is 2.70. The molecule has 0 saturated carbocycles. The van der Waals surface area contributed by atoms with E-state index in [1.807, 2.05) is 12.2 Å². The van der Waals surface area contributed by atoms with Gasteiger partial charge >= 0.3 is 0 Å². The first-order valence-electron chi connectivity index (χ1n) is 9.90. The summed E-state index contributed by atoms with van der Waals surface area (Å²) in [4.78, 5) is 11.8. The molecule has 3 rings (SSSR count). The van der Waals surface area contributed by atoms with Gasteiger partial charge in [0.25, 0.3) is 0 Å². The highest BCUT2D eigenvalue weighted by atomic mass is 31.2. The van der Waals surface area contributed by atoms with Crippen LogP contribution in [-0.2, 0) is 9.53 Å². The number of unbranched alkanes of at least 4 members (excludes halogenated alkanes) is 2. The number of allylic oxidation sites excluding steroid dienone is 5. The number of hydrogen-bond donors (Lipinski definition) is 0. The molecule has 1 aliphatic carbocycles. The molecule has 2 nitrogen and oxygen atoms in total. The maximum absolute atomic E-state index is 11.8. The van der Waals surface area contributed by atoms with Crippen LogP contribution in [0.2, 0.25) is 0 Å². The second-order valence-electron chi connectivity index (χ2n) is 7.06. The average molecular weight is 391 g/mol. The quantitative estimate of drug-likeness (QED) is 0.351. The molecule has 0 heterocycles. The molecule has 1 atom stereocenters. The maximum atomic E-state index is 11.8. The lowest BCUT2D eigenvalue weighted by Crippen LogP contribution is -2.34. The molecule has 0 aliphatic heterocycles. The molecule has 0 bridgehead atoms. The van der Waals surface area contributed by atoms with Crippen molar-refractivity contribution in [1.29, 1.82) is 0 Å². The lowest BCUT2D eigenvalue weighted by molar-refractivity contribution is 0.192. The van der Waals surface area contributed by atoms with Gasteiger partial charge in [-0.1, -0.05) is 48.6 Å². The SMILES string of the molecule is COCCCCC[P+](c1ccccc1)(c1ccccc1)C1C=CC=CC1=C=O. The van der Waals surface area contributed by atoms with E-state index in [4.69, 9.17) is 4.74 Å². The fourth-order valence-electron chi connectivity index (χ4n) is 4.05. The Morgan fingerprint density at radius 1 is 0.893 bits per heavy atom. The van der Waals surface area contributed by atoms with Crippen molar-refractivity contribution in [3.8, 4) is 0 Å². The van der Waals surface area contributed by atoms with E-state index < -0.39 is 7.26 Å². The van der Waals surface area contributed by atoms with Crippen LogP contribution in [0.25, 0.3) is 0 Å². The first-order valence-corrected chi connectivity index (χ1v) is 11.9. The van der Waals surface area contributed by atoms with Gasteiger partial charge in [-0.2, -0.15) is 0 Å². The van der Waals surface area contributed by atoms with Gasteiger partial charge in [-0.05, 0) is 55.7 Å². The highest BCUT2D eigenvalue weighted by Gasteiger charge is 2.50. The summed E-state index contributed by atoms with van der Waals surface area (Å²) in [6.45, 7) is 0.799. The van der Waals surface area contributed by atoms with Crippen molar-refractivity contribution in [1.82, 2.24) is 0 Å². The van der Waals surface area contributed by atoms with Crippen LogP contribution in [0.15, 0.2) is 90.5 Å². The van der Waals surface area contributed by atoms with E-state index >= 15 is 0 Å². The zero-order valence-electron chi connectivity index (χ0n) is 16.5. The summed E-state index contributed by atoms with van der Waals surface area (Å²) in [6.07, 6.45) is 12.5. The molecule has 2 aromatic carbocycles. The maximum Gasteiger partial charge on any atom is 0.133 e. The van der Waals surface area contributed by atoms with Crippen molar-refractivity contribution < 1.29 is 9.53 Å². The molecule has 0 spiro atoms. The minimum atomic E-state index is -1.88. The van der Waals surface area contributed by atoms with Gasteiger partial charge in [0, 0.05) is 13.7 Å². The zero-order valence-corrected chi connectivity index (χ0v) is 17.4. The van der Waals surface area contributed by atoms with Gasteiger partial charge < -0.3 is 4.74 Å². The zero-order chi connectivity index (χ0) is 19.7. The molecule has 144 valence electrons. The molecule has 3 heteroatoms. The van der Waals surface area contributed by atoms with Gasteiger partial charge in [0.2, 0.25) is 0 Å². The van der Waals surface area contributed by atoms with Crippen molar-refractivity contribution in [3.05, 3.63) is 90.5 Å². The van der Waals surface area contributed by atoms with E-state index in [0.717, 1.165) is 37.6 Å². The van der Waals surface area contributed by atoms with Crippen LogP contribution in [0, 0.1) is 0 Å². The molecule has 1 aliphatic rings. The number of benzene rings is 2. The third-order valence-electron chi connectivity index (χ3n) is 5.38. The van der Waals surface area contributed by atoms with Crippen molar-refractivity contribution in [3.63, 3.8) is 0 Å². The van der Waals surface area contributed by atoms with E-state index in [2.05, 4.69) is 78.8 Å². The Balaban J connectivity index is 2.10. The third kappa shape index (κ3) is 4.42. The van der Waals surface area contributed by atoms with Gasteiger partial charge in [0.05, 0.1) is 19.0 Å². The molecule has 0 N–H and O–H groups in total. The normalized spacial score (nSPS) is 16.2. The number of carbonyl (C=O) groups excluding carboxylic acids is 1. The number of methoxy groups -OCH3 is 1. The Morgan fingerprint density at radius 2 is 1.54 bits per heavy atom. The molecular formula is C25H28O2P+. The summed E-state index contributed by atoms with van der Waals surface area (Å²) in [7, 11) is -0.121. The molecule has 0 radical (unpaired) electrons.